The molecule has 1 aromatic heterocycles. The van der Waals surface area contributed by atoms with Gasteiger partial charge in [0, 0.05) is 12.5 Å². The molecular formula is C30H32N6O8. The Morgan fingerprint density at radius 1 is 0.864 bits per heavy atom. The van der Waals surface area contributed by atoms with Crippen LogP contribution in [0, 0.1) is 5.41 Å². The fourth-order valence-electron chi connectivity index (χ4n) is 4.55. The minimum Gasteiger partial charge on any atom is -0.480 e. The van der Waals surface area contributed by atoms with E-state index < -0.39 is 54.1 Å². The summed E-state index contributed by atoms with van der Waals surface area (Å²) in [4.78, 5) is 63.6. The van der Waals surface area contributed by atoms with Crippen LogP contribution in [0.4, 0.5) is 9.59 Å². The molecule has 1 heterocycles. The predicted molar refractivity (Wildman–Crippen MR) is 157 cm³/mol. The summed E-state index contributed by atoms with van der Waals surface area (Å²) in [6, 6.07) is 16.6. The van der Waals surface area contributed by atoms with Crippen LogP contribution in [-0.2, 0) is 14.3 Å². The van der Waals surface area contributed by atoms with Gasteiger partial charge in [-0.25, -0.2) is 14.4 Å². The first kappa shape index (κ1) is 31.3. The molecule has 1 atom stereocenters. The number of hydrogen-bond acceptors (Lipinski definition) is 8. The van der Waals surface area contributed by atoms with Crippen molar-refractivity contribution in [3.8, 4) is 11.1 Å². The van der Waals surface area contributed by atoms with Crippen LogP contribution in [0.1, 0.15) is 58.8 Å². The molecule has 4 amide bonds. The topological polar surface area (TPSA) is 212 Å². The van der Waals surface area contributed by atoms with E-state index in [9.17, 15) is 29.1 Å². The molecule has 0 aliphatic heterocycles. The van der Waals surface area contributed by atoms with Gasteiger partial charge in [0.1, 0.15) is 29.6 Å². The highest BCUT2D eigenvalue weighted by Crippen LogP contribution is 2.44. The first-order valence-corrected chi connectivity index (χ1v) is 13.5. The summed E-state index contributed by atoms with van der Waals surface area (Å²) in [5.41, 5.74) is 3.08. The lowest BCUT2D eigenvalue weighted by molar-refractivity contribution is -0.139. The number of fused-ring (bicyclic) bond motifs is 3. The third-order valence-electron chi connectivity index (χ3n) is 6.44. The fourth-order valence-corrected chi connectivity index (χ4v) is 4.55. The summed E-state index contributed by atoms with van der Waals surface area (Å²) in [5.74, 6) is -3.85. The Hall–Kier alpha value is -5.66. The number of guanidine groups is 1. The maximum absolute atomic E-state index is 12.6. The van der Waals surface area contributed by atoms with Crippen LogP contribution in [0.3, 0.4) is 0 Å². The van der Waals surface area contributed by atoms with E-state index in [2.05, 4.69) is 26.3 Å². The Morgan fingerprint density at radius 3 is 2.00 bits per heavy atom. The van der Waals surface area contributed by atoms with Gasteiger partial charge in [-0.2, -0.15) is 0 Å². The van der Waals surface area contributed by atoms with Crippen LogP contribution in [-0.4, -0.2) is 70.8 Å². The number of alkyl carbamates (subject to hydrolysis) is 2. The molecule has 0 fully saturated rings. The van der Waals surface area contributed by atoms with E-state index in [1.165, 1.54) is 12.1 Å². The number of H-pyrrole nitrogens is 1. The molecule has 1 aliphatic rings. The van der Waals surface area contributed by atoms with E-state index in [0.29, 0.717) is 0 Å². The van der Waals surface area contributed by atoms with Crippen molar-refractivity contribution < 1.29 is 38.6 Å². The van der Waals surface area contributed by atoms with E-state index >= 15 is 0 Å². The molecule has 44 heavy (non-hydrogen) atoms. The van der Waals surface area contributed by atoms with Crippen molar-refractivity contribution in [2.45, 2.75) is 38.3 Å². The average Bonchev–Trinajstić information content (AvgIpc) is 3.56. The SMILES string of the molecule is CC(C)(C)OC(=O)NC(=N)NC(=O)c1ccc(C(=O)NC[C@H](NC(=O)OCC2c3ccccc3-c3ccccc32)C(=O)O)[nH]1. The van der Waals surface area contributed by atoms with E-state index in [1.807, 2.05) is 48.5 Å². The van der Waals surface area contributed by atoms with Crippen molar-refractivity contribution in [1.29, 1.82) is 5.41 Å². The maximum Gasteiger partial charge on any atom is 0.414 e. The van der Waals surface area contributed by atoms with Gasteiger partial charge in [-0.1, -0.05) is 48.5 Å². The fraction of sp³-hybridized carbons (Fsp3) is 0.267. The Balaban J connectivity index is 1.27. The number of aliphatic carboxylic acids is 1. The molecule has 230 valence electrons. The second-order valence-corrected chi connectivity index (χ2v) is 10.8. The van der Waals surface area contributed by atoms with Crippen LogP contribution in [0.15, 0.2) is 60.7 Å². The van der Waals surface area contributed by atoms with Crippen LogP contribution < -0.4 is 21.3 Å². The van der Waals surface area contributed by atoms with Crippen LogP contribution >= 0.6 is 0 Å². The summed E-state index contributed by atoms with van der Waals surface area (Å²) in [6.07, 6.45) is -1.90. The van der Waals surface area contributed by atoms with Gasteiger partial charge in [0.2, 0.25) is 5.96 Å². The zero-order valence-electron chi connectivity index (χ0n) is 24.1. The zero-order valence-corrected chi connectivity index (χ0v) is 24.1. The summed E-state index contributed by atoms with van der Waals surface area (Å²) >= 11 is 0. The number of carbonyl (C=O) groups excluding carboxylic acids is 4. The van der Waals surface area contributed by atoms with Crippen molar-refractivity contribution in [3.05, 3.63) is 83.2 Å². The number of hydrogen-bond donors (Lipinski definition) is 7. The van der Waals surface area contributed by atoms with Crippen LogP contribution in [0.25, 0.3) is 11.1 Å². The lowest BCUT2D eigenvalue weighted by Gasteiger charge is -2.19. The van der Waals surface area contributed by atoms with Gasteiger partial charge in [0.05, 0.1) is 0 Å². The Bertz CT molecular complexity index is 1560. The molecule has 0 radical (unpaired) electrons. The molecule has 14 heteroatoms. The first-order chi connectivity index (χ1) is 20.8. The summed E-state index contributed by atoms with van der Waals surface area (Å²) in [6.45, 7) is 4.41. The Kier molecular flexibility index (Phi) is 9.32. The molecular weight excluding hydrogens is 572 g/mol. The lowest BCUT2D eigenvalue weighted by atomic mass is 9.98. The normalized spacial score (nSPS) is 12.6. The number of carbonyl (C=O) groups is 5. The monoisotopic (exact) mass is 604 g/mol. The second-order valence-electron chi connectivity index (χ2n) is 10.8. The largest absolute Gasteiger partial charge is 0.480 e. The predicted octanol–water partition coefficient (Wildman–Crippen LogP) is 2.93. The minimum absolute atomic E-state index is 0.0172. The number of aromatic amines is 1. The zero-order chi connectivity index (χ0) is 32.0. The van der Waals surface area contributed by atoms with Gasteiger partial charge < -0.3 is 30.2 Å². The molecule has 2 aromatic carbocycles. The molecule has 0 spiro atoms. The Morgan fingerprint density at radius 2 is 1.43 bits per heavy atom. The third-order valence-corrected chi connectivity index (χ3v) is 6.44. The second kappa shape index (κ2) is 13.1. The van der Waals surface area contributed by atoms with E-state index in [0.717, 1.165) is 22.3 Å². The highest BCUT2D eigenvalue weighted by molar-refractivity contribution is 6.07. The summed E-state index contributed by atoms with van der Waals surface area (Å²) in [5, 5.41) is 26.1. The van der Waals surface area contributed by atoms with E-state index in [-0.39, 0.29) is 23.9 Å². The molecule has 1 aliphatic carbocycles. The lowest BCUT2D eigenvalue weighted by Crippen LogP contribution is -2.48. The van der Waals surface area contributed by atoms with Gasteiger partial charge in [0.25, 0.3) is 11.8 Å². The molecule has 14 nitrogen and oxygen atoms in total. The maximum atomic E-state index is 12.6. The number of amides is 4. The van der Waals surface area contributed by atoms with Crippen LogP contribution in [0.5, 0.6) is 0 Å². The number of rotatable bonds is 8. The highest BCUT2D eigenvalue weighted by Gasteiger charge is 2.30. The van der Waals surface area contributed by atoms with Crippen LogP contribution in [0.2, 0.25) is 0 Å². The molecule has 3 aromatic rings. The molecule has 0 bridgehead atoms. The molecule has 7 N–H and O–H groups in total. The van der Waals surface area contributed by atoms with Gasteiger partial charge in [-0.05, 0) is 55.2 Å². The summed E-state index contributed by atoms with van der Waals surface area (Å²) < 4.78 is 10.4. The highest BCUT2D eigenvalue weighted by atomic mass is 16.6. The van der Waals surface area contributed by atoms with Gasteiger partial charge in [-0.15, -0.1) is 0 Å². The number of aromatic nitrogens is 1. The van der Waals surface area contributed by atoms with Crippen molar-refractivity contribution in [2.75, 3.05) is 13.2 Å². The standard InChI is InChI=1S/C30H32N6O8/c1-30(2,3)44-29(42)36-27(31)35-25(38)22-13-12-21(33-22)24(37)32-14-23(26(39)40)34-28(41)43-15-20-18-10-6-4-8-16(18)17-9-5-7-11-19(17)20/h4-13,20,23,33H,14-15H2,1-3H3,(H,32,37)(H,34,41)(H,39,40)(H3,31,35,36,38,42)/t23-/m0/s1. The number of ether oxygens (including phenoxy) is 2. The average molecular weight is 605 g/mol. The molecule has 0 saturated heterocycles. The van der Waals surface area contributed by atoms with Crippen molar-refractivity contribution in [3.63, 3.8) is 0 Å². The number of benzene rings is 2. The number of nitrogens with one attached hydrogen (secondary N) is 6. The van der Waals surface area contributed by atoms with E-state index in [4.69, 9.17) is 14.9 Å². The quantitative estimate of drug-likeness (QED) is 0.150. The van der Waals surface area contributed by atoms with Crippen molar-refractivity contribution in [2.24, 2.45) is 0 Å². The van der Waals surface area contributed by atoms with Crippen molar-refractivity contribution in [1.82, 2.24) is 26.3 Å². The Labute approximate surface area is 252 Å². The summed E-state index contributed by atoms with van der Waals surface area (Å²) in [7, 11) is 0. The molecule has 0 unspecified atom stereocenters. The van der Waals surface area contributed by atoms with Crippen molar-refractivity contribution >= 4 is 35.9 Å². The van der Waals surface area contributed by atoms with Gasteiger partial charge >= 0.3 is 18.2 Å². The minimum atomic E-state index is -1.51. The third kappa shape index (κ3) is 7.79. The van der Waals surface area contributed by atoms with Gasteiger partial charge in [0.15, 0.2) is 0 Å². The molecule has 4 rings (SSSR count). The van der Waals surface area contributed by atoms with E-state index in [1.54, 1.807) is 20.8 Å². The first-order valence-electron chi connectivity index (χ1n) is 13.5. The smallest absolute Gasteiger partial charge is 0.414 e. The molecule has 0 saturated carbocycles. The van der Waals surface area contributed by atoms with Gasteiger partial charge in [-0.3, -0.25) is 25.6 Å². The number of carboxylic acids is 1. The number of carboxylic acid groups (broad SMARTS) is 1.